The molecule has 0 radical (unpaired) electrons. The maximum absolute atomic E-state index is 4.22. The lowest BCUT2D eigenvalue weighted by molar-refractivity contribution is 0.685. The third-order valence-electron chi connectivity index (χ3n) is 2.54. The van der Waals surface area contributed by atoms with E-state index in [1.807, 2.05) is 38.6 Å². The summed E-state index contributed by atoms with van der Waals surface area (Å²) < 4.78 is 0. The van der Waals surface area contributed by atoms with Crippen LogP contribution in [0.3, 0.4) is 0 Å². The fraction of sp³-hybridized carbons (Fsp3) is 0.231. The Morgan fingerprint density at radius 2 is 1.94 bits per heavy atom. The van der Waals surface area contributed by atoms with Crippen molar-refractivity contribution >= 4 is 0 Å². The van der Waals surface area contributed by atoms with Gasteiger partial charge in [0.2, 0.25) is 0 Å². The van der Waals surface area contributed by atoms with Crippen molar-refractivity contribution in [3.05, 3.63) is 59.7 Å². The summed E-state index contributed by atoms with van der Waals surface area (Å²) in [5.41, 5.74) is 3.48. The summed E-state index contributed by atoms with van der Waals surface area (Å²) >= 11 is 0. The highest BCUT2D eigenvalue weighted by atomic mass is 14.9. The highest BCUT2D eigenvalue weighted by Gasteiger charge is 2.11. The van der Waals surface area contributed by atoms with Crippen LogP contribution in [0.5, 0.6) is 0 Å². The molecule has 2 heterocycles. The number of hydrogen-bond acceptors (Lipinski definition) is 3. The van der Waals surface area contributed by atoms with Crippen molar-refractivity contribution in [2.24, 2.45) is 0 Å². The van der Waals surface area contributed by atoms with Gasteiger partial charge in [-0.05, 0) is 36.7 Å². The Morgan fingerprint density at radius 1 is 1.12 bits per heavy atom. The van der Waals surface area contributed by atoms with Gasteiger partial charge in [0.05, 0.1) is 6.04 Å². The maximum atomic E-state index is 4.22. The smallest absolute Gasteiger partial charge is 0.0604 e. The molecular formula is C13H15N3. The summed E-state index contributed by atoms with van der Waals surface area (Å²) in [7, 11) is 1.94. The zero-order chi connectivity index (χ0) is 11.4. The largest absolute Gasteiger partial charge is 0.309 e. The van der Waals surface area contributed by atoms with Crippen molar-refractivity contribution in [2.75, 3.05) is 7.05 Å². The van der Waals surface area contributed by atoms with E-state index in [4.69, 9.17) is 0 Å². The first-order chi connectivity index (χ1) is 7.81. The van der Waals surface area contributed by atoms with Crippen LogP contribution in [0.1, 0.15) is 22.7 Å². The summed E-state index contributed by atoms with van der Waals surface area (Å²) in [4.78, 5) is 8.36. The fourth-order valence-electron chi connectivity index (χ4n) is 1.81. The van der Waals surface area contributed by atoms with Crippen molar-refractivity contribution in [3.8, 4) is 0 Å². The summed E-state index contributed by atoms with van der Waals surface area (Å²) in [6, 6.07) is 6.31. The maximum Gasteiger partial charge on any atom is 0.0604 e. The van der Waals surface area contributed by atoms with Gasteiger partial charge in [0, 0.05) is 24.8 Å². The third kappa shape index (κ3) is 2.25. The molecule has 0 amide bonds. The first-order valence-corrected chi connectivity index (χ1v) is 5.30. The van der Waals surface area contributed by atoms with E-state index in [-0.39, 0.29) is 6.04 Å². The van der Waals surface area contributed by atoms with Crippen LogP contribution >= 0.6 is 0 Å². The van der Waals surface area contributed by atoms with Crippen LogP contribution in [0.25, 0.3) is 0 Å². The Kier molecular flexibility index (Phi) is 3.27. The summed E-state index contributed by atoms with van der Waals surface area (Å²) in [6.07, 6.45) is 7.41. The first-order valence-electron chi connectivity index (χ1n) is 5.30. The second-order valence-electron chi connectivity index (χ2n) is 3.80. The van der Waals surface area contributed by atoms with E-state index in [9.17, 15) is 0 Å². The zero-order valence-corrected chi connectivity index (χ0v) is 9.51. The van der Waals surface area contributed by atoms with E-state index < -0.39 is 0 Å². The van der Waals surface area contributed by atoms with Gasteiger partial charge in [-0.2, -0.15) is 0 Å². The van der Waals surface area contributed by atoms with Crippen molar-refractivity contribution in [1.29, 1.82) is 0 Å². The molecule has 0 aromatic carbocycles. The van der Waals surface area contributed by atoms with Gasteiger partial charge in [0.15, 0.2) is 0 Å². The van der Waals surface area contributed by atoms with Crippen LogP contribution in [0, 0.1) is 6.92 Å². The molecule has 0 aliphatic rings. The van der Waals surface area contributed by atoms with E-state index in [2.05, 4.69) is 27.4 Å². The third-order valence-corrected chi connectivity index (χ3v) is 2.54. The zero-order valence-electron chi connectivity index (χ0n) is 9.51. The van der Waals surface area contributed by atoms with E-state index in [1.165, 1.54) is 5.56 Å². The van der Waals surface area contributed by atoms with E-state index in [0.717, 1.165) is 11.1 Å². The Morgan fingerprint density at radius 3 is 2.56 bits per heavy atom. The molecule has 0 fully saturated rings. The minimum absolute atomic E-state index is 0.154. The molecule has 0 spiro atoms. The van der Waals surface area contributed by atoms with Gasteiger partial charge in [-0.3, -0.25) is 9.97 Å². The van der Waals surface area contributed by atoms with Crippen LogP contribution in [-0.2, 0) is 0 Å². The molecule has 0 saturated heterocycles. The molecule has 1 atom stereocenters. The molecule has 0 aliphatic heterocycles. The number of aryl methyl sites for hydroxylation is 1. The molecule has 0 aliphatic carbocycles. The average molecular weight is 213 g/mol. The molecule has 0 bridgehead atoms. The van der Waals surface area contributed by atoms with Gasteiger partial charge in [0.25, 0.3) is 0 Å². The van der Waals surface area contributed by atoms with E-state index in [0.29, 0.717) is 0 Å². The molecular weight excluding hydrogens is 198 g/mol. The molecule has 0 saturated carbocycles. The Labute approximate surface area is 95.6 Å². The van der Waals surface area contributed by atoms with E-state index in [1.54, 1.807) is 6.20 Å². The molecule has 1 N–H and O–H groups in total. The average Bonchev–Trinajstić information content (AvgIpc) is 2.31. The molecule has 16 heavy (non-hydrogen) atoms. The Hall–Kier alpha value is -1.74. The van der Waals surface area contributed by atoms with Crippen LogP contribution in [0.4, 0.5) is 0 Å². The Balaban J connectivity index is 2.37. The van der Waals surface area contributed by atoms with Gasteiger partial charge in [0.1, 0.15) is 0 Å². The van der Waals surface area contributed by atoms with Gasteiger partial charge in [-0.25, -0.2) is 0 Å². The molecule has 3 heteroatoms. The van der Waals surface area contributed by atoms with Gasteiger partial charge >= 0.3 is 0 Å². The predicted molar refractivity (Wildman–Crippen MR) is 64.1 cm³/mol. The topological polar surface area (TPSA) is 37.8 Å². The SMILES string of the molecule is CNC(c1cccnc1)c1cncc(C)c1. The lowest BCUT2D eigenvalue weighted by Gasteiger charge is -2.16. The van der Waals surface area contributed by atoms with Crippen LogP contribution in [0.15, 0.2) is 43.0 Å². The summed E-state index contributed by atoms with van der Waals surface area (Å²) in [5, 5.41) is 3.28. The van der Waals surface area contributed by atoms with Crippen molar-refractivity contribution in [3.63, 3.8) is 0 Å². The fourth-order valence-corrected chi connectivity index (χ4v) is 1.81. The van der Waals surface area contributed by atoms with Crippen molar-refractivity contribution in [1.82, 2.24) is 15.3 Å². The van der Waals surface area contributed by atoms with Crippen LogP contribution in [-0.4, -0.2) is 17.0 Å². The molecule has 1 unspecified atom stereocenters. The monoisotopic (exact) mass is 213 g/mol. The van der Waals surface area contributed by atoms with Gasteiger partial charge < -0.3 is 5.32 Å². The standard InChI is InChI=1S/C13H15N3/c1-10-6-12(9-16-7-10)13(14-2)11-4-3-5-15-8-11/h3-9,13-14H,1-2H3. The molecule has 3 nitrogen and oxygen atoms in total. The van der Waals surface area contributed by atoms with Crippen LogP contribution in [0.2, 0.25) is 0 Å². The minimum atomic E-state index is 0.154. The number of hydrogen-bond donors (Lipinski definition) is 1. The lowest BCUT2D eigenvalue weighted by atomic mass is 10.0. The molecule has 82 valence electrons. The minimum Gasteiger partial charge on any atom is -0.309 e. The first kappa shape index (κ1) is 10.8. The quantitative estimate of drug-likeness (QED) is 0.848. The van der Waals surface area contributed by atoms with E-state index >= 15 is 0 Å². The summed E-state index contributed by atoms with van der Waals surface area (Å²) in [6.45, 7) is 2.05. The normalized spacial score (nSPS) is 12.4. The van der Waals surface area contributed by atoms with Crippen molar-refractivity contribution < 1.29 is 0 Å². The number of pyridine rings is 2. The Bertz CT molecular complexity index is 454. The second kappa shape index (κ2) is 4.86. The molecule has 2 aromatic rings. The van der Waals surface area contributed by atoms with Crippen LogP contribution < -0.4 is 5.32 Å². The highest BCUT2D eigenvalue weighted by Crippen LogP contribution is 2.20. The highest BCUT2D eigenvalue weighted by molar-refractivity contribution is 5.29. The lowest BCUT2D eigenvalue weighted by Crippen LogP contribution is -2.18. The number of aromatic nitrogens is 2. The van der Waals surface area contributed by atoms with Crippen molar-refractivity contribution in [2.45, 2.75) is 13.0 Å². The van der Waals surface area contributed by atoms with Gasteiger partial charge in [-0.1, -0.05) is 12.1 Å². The summed E-state index contributed by atoms with van der Waals surface area (Å²) in [5.74, 6) is 0. The molecule has 2 aromatic heterocycles. The number of nitrogens with zero attached hydrogens (tertiary/aromatic N) is 2. The number of rotatable bonds is 3. The van der Waals surface area contributed by atoms with Gasteiger partial charge in [-0.15, -0.1) is 0 Å². The second-order valence-corrected chi connectivity index (χ2v) is 3.80. The predicted octanol–water partition coefficient (Wildman–Crippen LogP) is 2.09. The molecule has 2 rings (SSSR count). The number of nitrogens with one attached hydrogen (secondary N) is 1.